The van der Waals surface area contributed by atoms with Crippen molar-refractivity contribution in [2.45, 2.75) is 32.1 Å². The van der Waals surface area contributed by atoms with Crippen LogP contribution in [0.3, 0.4) is 0 Å². The quantitative estimate of drug-likeness (QED) is 0.629. The summed E-state index contributed by atoms with van der Waals surface area (Å²) in [4.78, 5) is 12.1. The Morgan fingerprint density at radius 2 is 2.19 bits per heavy atom. The molecule has 0 heterocycles. The number of hydrogen-bond donors (Lipinski definition) is 0. The van der Waals surface area contributed by atoms with Gasteiger partial charge in [-0.2, -0.15) is 5.26 Å². The highest BCUT2D eigenvalue weighted by molar-refractivity contribution is 5.73. The van der Waals surface area contributed by atoms with Crippen LogP contribution >= 0.6 is 0 Å². The lowest BCUT2D eigenvalue weighted by molar-refractivity contribution is -0.136. The van der Waals surface area contributed by atoms with E-state index < -0.39 is 0 Å². The maximum Gasteiger partial charge on any atom is 0.311 e. The van der Waals surface area contributed by atoms with Gasteiger partial charge in [0.05, 0.1) is 18.7 Å². The molecule has 4 heteroatoms. The second-order valence-corrected chi connectivity index (χ2v) is 6.09. The Bertz CT molecular complexity index is 590. The first-order chi connectivity index (χ1) is 10.2. The summed E-state index contributed by atoms with van der Waals surface area (Å²) in [7, 11) is 1.50. The summed E-state index contributed by atoms with van der Waals surface area (Å²) in [6, 6.07) is 6.87. The number of ether oxygens (including phenoxy) is 2. The van der Waals surface area contributed by atoms with Gasteiger partial charge in [0.2, 0.25) is 0 Å². The maximum absolute atomic E-state index is 12.1. The van der Waals surface area contributed by atoms with Gasteiger partial charge in [-0.05, 0) is 49.1 Å². The topological polar surface area (TPSA) is 59.3 Å². The van der Waals surface area contributed by atoms with Gasteiger partial charge in [-0.25, -0.2) is 0 Å². The van der Waals surface area contributed by atoms with Crippen LogP contribution < -0.4 is 9.47 Å². The van der Waals surface area contributed by atoms with Gasteiger partial charge < -0.3 is 9.47 Å². The van der Waals surface area contributed by atoms with Crippen LogP contribution in [0.2, 0.25) is 0 Å². The summed E-state index contributed by atoms with van der Waals surface area (Å²) in [6.45, 7) is 0. The van der Waals surface area contributed by atoms with Crippen molar-refractivity contribution in [3.05, 3.63) is 23.8 Å². The van der Waals surface area contributed by atoms with Gasteiger partial charge >= 0.3 is 5.97 Å². The van der Waals surface area contributed by atoms with Crippen LogP contribution in [0.5, 0.6) is 11.5 Å². The molecule has 2 aliphatic rings. The van der Waals surface area contributed by atoms with Crippen LogP contribution in [-0.4, -0.2) is 13.1 Å². The number of benzene rings is 1. The van der Waals surface area contributed by atoms with Crippen molar-refractivity contribution in [1.82, 2.24) is 0 Å². The van der Waals surface area contributed by atoms with Crippen molar-refractivity contribution < 1.29 is 14.3 Å². The number of rotatable bonds is 4. The largest absolute Gasteiger partial charge is 0.493 e. The molecule has 2 fully saturated rings. The zero-order valence-electron chi connectivity index (χ0n) is 12.2. The summed E-state index contributed by atoms with van der Waals surface area (Å²) >= 11 is 0. The number of fused-ring (bicyclic) bond motifs is 2. The molecule has 110 valence electrons. The monoisotopic (exact) mass is 285 g/mol. The average Bonchev–Trinajstić information content (AvgIpc) is 3.10. The third kappa shape index (κ3) is 2.87. The molecular formula is C17H19NO3. The van der Waals surface area contributed by atoms with E-state index in [4.69, 9.17) is 14.7 Å². The van der Waals surface area contributed by atoms with Crippen LogP contribution in [0, 0.1) is 29.1 Å². The number of nitrogens with zero attached hydrogens (tertiary/aromatic N) is 1. The van der Waals surface area contributed by atoms with Crippen molar-refractivity contribution in [2.75, 3.05) is 7.11 Å². The molecule has 3 rings (SSSR count). The predicted molar refractivity (Wildman–Crippen MR) is 76.9 cm³/mol. The number of carbonyl (C=O) groups is 1. The molecule has 0 radical (unpaired) electrons. The zero-order valence-corrected chi connectivity index (χ0v) is 12.2. The SMILES string of the molecule is COc1cc(C#N)ccc1OC(=O)CC1CC2CCC1C2. The van der Waals surface area contributed by atoms with E-state index in [1.807, 2.05) is 6.07 Å². The average molecular weight is 285 g/mol. The van der Waals surface area contributed by atoms with E-state index in [-0.39, 0.29) is 5.97 Å². The Morgan fingerprint density at radius 3 is 2.81 bits per heavy atom. The number of hydrogen-bond acceptors (Lipinski definition) is 4. The fourth-order valence-corrected chi connectivity index (χ4v) is 3.83. The van der Waals surface area contributed by atoms with Gasteiger partial charge in [0.25, 0.3) is 0 Å². The molecule has 0 aromatic heterocycles. The lowest BCUT2D eigenvalue weighted by Gasteiger charge is -2.20. The molecular weight excluding hydrogens is 266 g/mol. The maximum atomic E-state index is 12.1. The predicted octanol–water partition coefficient (Wildman–Crippen LogP) is 3.30. The van der Waals surface area contributed by atoms with E-state index in [0.717, 1.165) is 5.92 Å². The van der Waals surface area contributed by atoms with E-state index >= 15 is 0 Å². The van der Waals surface area contributed by atoms with Crippen molar-refractivity contribution in [3.63, 3.8) is 0 Å². The first kappa shape index (κ1) is 13.9. The minimum atomic E-state index is -0.199. The molecule has 0 saturated heterocycles. The Kier molecular flexibility index (Phi) is 3.83. The van der Waals surface area contributed by atoms with Crippen molar-refractivity contribution in [2.24, 2.45) is 17.8 Å². The summed E-state index contributed by atoms with van der Waals surface area (Å²) < 4.78 is 10.6. The summed E-state index contributed by atoms with van der Waals surface area (Å²) in [5, 5.41) is 8.87. The third-order valence-electron chi connectivity index (χ3n) is 4.83. The molecule has 2 bridgehead atoms. The smallest absolute Gasteiger partial charge is 0.311 e. The van der Waals surface area contributed by atoms with Gasteiger partial charge in [0, 0.05) is 12.5 Å². The second kappa shape index (κ2) is 5.77. The summed E-state index contributed by atoms with van der Waals surface area (Å²) in [5.41, 5.74) is 0.486. The molecule has 0 aliphatic heterocycles. The molecule has 21 heavy (non-hydrogen) atoms. The Hall–Kier alpha value is -2.02. The van der Waals surface area contributed by atoms with Gasteiger partial charge in [0.15, 0.2) is 11.5 Å². The van der Waals surface area contributed by atoms with Crippen LogP contribution in [-0.2, 0) is 4.79 Å². The van der Waals surface area contributed by atoms with Crippen molar-refractivity contribution in [1.29, 1.82) is 5.26 Å². The summed E-state index contributed by atoms with van der Waals surface area (Å²) in [6.07, 6.45) is 5.55. The number of nitriles is 1. The Labute approximate surface area is 124 Å². The normalized spacial score (nSPS) is 26.4. The molecule has 1 aromatic carbocycles. The molecule has 3 unspecified atom stereocenters. The van der Waals surface area contributed by atoms with Crippen LogP contribution in [0.15, 0.2) is 18.2 Å². The van der Waals surface area contributed by atoms with Crippen LogP contribution in [0.25, 0.3) is 0 Å². The Balaban J connectivity index is 1.63. The van der Waals surface area contributed by atoms with Crippen molar-refractivity contribution >= 4 is 5.97 Å². The molecule has 4 nitrogen and oxygen atoms in total. The number of carbonyl (C=O) groups excluding carboxylic acids is 1. The Morgan fingerprint density at radius 1 is 1.33 bits per heavy atom. The lowest BCUT2D eigenvalue weighted by atomic mass is 9.86. The minimum Gasteiger partial charge on any atom is -0.493 e. The molecule has 2 saturated carbocycles. The fraction of sp³-hybridized carbons (Fsp3) is 0.529. The highest BCUT2D eigenvalue weighted by atomic mass is 16.6. The van der Waals surface area contributed by atoms with E-state index in [2.05, 4.69) is 0 Å². The lowest BCUT2D eigenvalue weighted by Crippen LogP contribution is -2.18. The molecule has 2 aliphatic carbocycles. The van der Waals surface area contributed by atoms with Crippen LogP contribution in [0.4, 0.5) is 0 Å². The van der Waals surface area contributed by atoms with Crippen LogP contribution in [0.1, 0.15) is 37.7 Å². The number of esters is 1. The highest BCUT2D eigenvalue weighted by Crippen LogP contribution is 2.49. The first-order valence-corrected chi connectivity index (χ1v) is 7.48. The first-order valence-electron chi connectivity index (χ1n) is 7.48. The third-order valence-corrected chi connectivity index (χ3v) is 4.83. The van der Waals surface area contributed by atoms with E-state index in [1.54, 1.807) is 18.2 Å². The standard InChI is InChI=1S/C17H19NO3/c1-20-16-8-12(10-18)3-5-15(16)21-17(19)9-14-7-11-2-4-13(14)6-11/h3,5,8,11,13-14H,2,4,6-7,9H2,1H3. The van der Waals surface area contributed by atoms with Gasteiger partial charge in [0.1, 0.15) is 0 Å². The van der Waals surface area contributed by atoms with Gasteiger partial charge in [-0.15, -0.1) is 0 Å². The molecule has 1 aromatic rings. The van der Waals surface area contributed by atoms with E-state index in [0.29, 0.717) is 35.3 Å². The number of methoxy groups -OCH3 is 1. The highest BCUT2D eigenvalue weighted by Gasteiger charge is 2.40. The molecule has 0 N–H and O–H groups in total. The van der Waals surface area contributed by atoms with Gasteiger partial charge in [-0.1, -0.05) is 6.42 Å². The minimum absolute atomic E-state index is 0.199. The fourth-order valence-electron chi connectivity index (χ4n) is 3.83. The molecule has 0 spiro atoms. The second-order valence-electron chi connectivity index (χ2n) is 6.09. The molecule has 3 atom stereocenters. The van der Waals surface area contributed by atoms with Crippen molar-refractivity contribution in [3.8, 4) is 17.6 Å². The van der Waals surface area contributed by atoms with E-state index in [1.165, 1.54) is 32.8 Å². The zero-order chi connectivity index (χ0) is 14.8. The summed E-state index contributed by atoms with van der Waals surface area (Å²) in [5.74, 6) is 2.65. The molecule has 0 amide bonds. The van der Waals surface area contributed by atoms with E-state index in [9.17, 15) is 4.79 Å². The van der Waals surface area contributed by atoms with Gasteiger partial charge in [-0.3, -0.25) is 4.79 Å².